The molecular formula is C20H18ClN5. The van der Waals surface area contributed by atoms with E-state index in [2.05, 4.69) is 57.5 Å². The Labute approximate surface area is 156 Å². The normalized spacial score (nSPS) is 11.0. The number of fused-ring (bicyclic) bond motifs is 1. The molecule has 6 heteroatoms. The molecule has 0 aliphatic heterocycles. The van der Waals surface area contributed by atoms with Crippen LogP contribution in [0.25, 0.3) is 11.2 Å². The standard InChI is InChI=1S/C20H18ClN5/c1-14-6-5-9-16(10-14)11-22-18-17-19(25-20(21)24-18)26(13-23-17)12-15-7-3-2-4-8-15/h2-10,13H,11-12H2,1H3,(H,22,24,25). The summed E-state index contributed by atoms with van der Waals surface area (Å²) in [6, 6.07) is 18.5. The molecular weight excluding hydrogens is 346 g/mol. The van der Waals surface area contributed by atoms with Gasteiger partial charge in [0.25, 0.3) is 0 Å². The van der Waals surface area contributed by atoms with Gasteiger partial charge >= 0.3 is 0 Å². The van der Waals surface area contributed by atoms with Gasteiger partial charge in [0.05, 0.1) is 12.9 Å². The minimum absolute atomic E-state index is 0.207. The number of aryl methyl sites for hydroxylation is 1. The number of rotatable bonds is 5. The van der Waals surface area contributed by atoms with Crippen molar-refractivity contribution in [3.8, 4) is 0 Å². The lowest BCUT2D eigenvalue weighted by Gasteiger charge is -2.08. The maximum atomic E-state index is 6.16. The van der Waals surface area contributed by atoms with Crippen LogP contribution in [-0.2, 0) is 13.1 Å². The van der Waals surface area contributed by atoms with Crippen LogP contribution in [0.4, 0.5) is 5.82 Å². The third-order valence-corrected chi connectivity index (χ3v) is 4.34. The van der Waals surface area contributed by atoms with Gasteiger partial charge in [-0.1, -0.05) is 60.2 Å². The largest absolute Gasteiger partial charge is 0.364 e. The van der Waals surface area contributed by atoms with Gasteiger partial charge in [0, 0.05) is 6.54 Å². The van der Waals surface area contributed by atoms with Gasteiger partial charge in [0.2, 0.25) is 5.28 Å². The summed E-state index contributed by atoms with van der Waals surface area (Å²) in [4.78, 5) is 13.2. The summed E-state index contributed by atoms with van der Waals surface area (Å²) in [5, 5.41) is 3.55. The summed E-state index contributed by atoms with van der Waals surface area (Å²) in [6.45, 7) is 3.41. The molecule has 1 N–H and O–H groups in total. The topological polar surface area (TPSA) is 55.6 Å². The molecule has 5 nitrogen and oxygen atoms in total. The maximum absolute atomic E-state index is 6.16. The number of aromatic nitrogens is 4. The summed E-state index contributed by atoms with van der Waals surface area (Å²) >= 11 is 6.16. The van der Waals surface area contributed by atoms with E-state index in [1.165, 1.54) is 16.7 Å². The Morgan fingerprint density at radius 2 is 1.81 bits per heavy atom. The predicted molar refractivity (Wildman–Crippen MR) is 104 cm³/mol. The second-order valence-corrected chi connectivity index (χ2v) is 6.55. The van der Waals surface area contributed by atoms with E-state index >= 15 is 0 Å². The van der Waals surface area contributed by atoms with Crippen LogP contribution in [0, 0.1) is 6.92 Å². The van der Waals surface area contributed by atoms with Crippen molar-refractivity contribution >= 4 is 28.6 Å². The van der Waals surface area contributed by atoms with E-state index in [0.29, 0.717) is 18.9 Å². The fourth-order valence-electron chi connectivity index (χ4n) is 2.94. The van der Waals surface area contributed by atoms with Crippen molar-refractivity contribution in [2.75, 3.05) is 5.32 Å². The molecule has 0 aliphatic carbocycles. The molecule has 26 heavy (non-hydrogen) atoms. The molecule has 2 aromatic heterocycles. The first-order chi connectivity index (χ1) is 12.7. The van der Waals surface area contributed by atoms with Crippen molar-refractivity contribution in [3.05, 3.63) is 82.9 Å². The highest BCUT2D eigenvalue weighted by Crippen LogP contribution is 2.22. The molecule has 0 fully saturated rings. The fraction of sp³-hybridized carbons (Fsp3) is 0.150. The van der Waals surface area contributed by atoms with Gasteiger partial charge in [0.1, 0.15) is 0 Å². The molecule has 0 spiro atoms. The van der Waals surface area contributed by atoms with Crippen molar-refractivity contribution in [1.29, 1.82) is 0 Å². The van der Waals surface area contributed by atoms with E-state index < -0.39 is 0 Å². The Hall–Kier alpha value is -2.92. The smallest absolute Gasteiger partial charge is 0.226 e. The summed E-state index contributed by atoms with van der Waals surface area (Å²) in [7, 11) is 0. The zero-order chi connectivity index (χ0) is 17.9. The minimum atomic E-state index is 0.207. The third-order valence-electron chi connectivity index (χ3n) is 4.17. The zero-order valence-electron chi connectivity index (χ0n) is 14.4. The molecule has 0 unspecified atom stereocenters. The van der Waals surface area contributed by atoms with Crippen molar-refractivity contribution in [1.82, 2.24) is 19.5 Å². The Morgan fingerprint density at radius 3 is 2.62 bits per heavy atom. The average molecular weight is 364 g/mol. The van der Waals surface area contributed by atoms with E-state index in [1.54, 1.807) is 6.33 Å². The van der Waals surface area contributed by atoms with E-state index in [9.17, 15) is 0 Å². The van der Waals surface area contributed by atoms with Gasteiger partial charge in [-0.2, -0.15) is 9.97 Å². The van der Waals surface area contributed by atoms with Crippen LogP contribution < -0.4 is 5.32 Å². The summed E-state index contributed by atoms with van der Waals surface area (Å²) in [5.41, 5.74) is 5.02. The van der Waals surface area contributed by atoms with Crippen LogP contribution in [0.3, 0.4) is 0 Å². The minimum Gasteiger partial charge on any atom is -0.364 e. The Morgan fingerprint density at radius 1 is 1.00 bits per heavy atom. The molecule has 0 saturated heterocycles. The molecule has 0 bridgehead atoms. The average Bonchev–Trinajstić information content (AvgIpc) is 3.03. The van der Waals surface area contributed by atoms with Crippen LogP contribution in [-0.4, -0.2) is 19.5 Å². The summed E-state index contributed by atoms with van der Waals surface area (Å²) in [6.07, 6.45) is 1.78. The molecule has 0 atom stereocenters. The molecule has 0 amide bonds. The van der Waals surface area contributed by atoms with Gasteiger partial charge in [0.15, 0.2) is 17.0 Å². The van der Waals surface area contributed by atoms with Crippen LogP contribution >= 0.6 is 11.6 Å². The first-order valence-corrected chi connectivity index (χ1v) is 8.78. The zero-order valence-corrected chi connectivity index (χ0v) is 15.1. The molecule has 4 aromatic rings. The second kappa shape index (κ2) is 7.14. The lowest BCUT2D eigenvalue weighted by Crippen LogP contribution is -2.05. The number of hydrogen-bond donors (Lipinski definition) is 1. The molecule has 2 aromatic carbocycles. The number of halogens is 1. The van der Waals surface area contributed by atoms with Crippen molar-refractivity contribution in [2.24, 2.45) is 0 Å². The molecule has 0 radical (unpaired) electrons. The Balaban J connectivity index is 1.63. The lowest BCUT2D eigenvalue weighted by molar-refractivity contribution is 0.813. The molecule has 4 rings (SSSR count). The number of nitrogens with zero attached hydrogens (tertiary/aromatic N) is 4. The van der Waals surface area contributed by atoms with Crippen LogP contribution in [0.15, 0.2) is 60.9 Å². The van der Waals surface area contributed by atoms with E-state index in [1.807, 2.05) is 28.8 Å². The highest BCUT2D eigenvalue weighted by atomic mass is 35.5. The number of nitrogens with one attached hydrogen (secondary N) is 1. The van der Waals surface area contributed by atoms with Gasteiger partial charge in [-0.15, -0.1) is 0 Å². The molecule has 2 heterocycles. The molecule has 0 saturated carbocycles. The third kappa shape index (κ3) is 3.53. The van der Waals surface area contributed by atoms with Gasteiger partial charge in [-0.3, -0.25) is 0 Å². The highest BCUT2D eigenvalue weighted by molar-refractivity contribution is 6.28. The van der Waals surface area contributed by atoms with Crippen molar-refractivity contribution < 1.29 is 0 Å². The molecule has 0 aliphatic rings. The predicted octanol–water partition coefficient (Wildman–Crippen LogP) is 4.45. The Bertz CT molecular complexity index is 1040. The van der Waals surface area contributed by atoms with Crippen molar-refractivity contribution in [3.63, 3.8) is 0 Å². The van der Waals surface area contributed by atoms with E-state index in [4.69, 9.17) is 11.6 Å². The van der Waals surface area contributed by atoms with Gasteiger partial charge < -0.3 is 9.88 Å². The fourth-order valence-corrected chi connectivity index (χ4v) is 3.11. The van der Waals surface area contributed by atoms with Crippen LogP contribution in [0.5, 0.6) is 0 Å². The highest BCUT2D eigenvalue weighted by Gasteiger charge is 2.13. The number of anilines is 1. The maximum Gasteiger partial charge on any atom is 0.226 e. The Kier molecular flexibility index (Phi) is 4.54. The van der Waals surface area contributed by atoms with Gasteiger partial charge in [-0.05, 0) is 29.7 Å². The second-order valence-electron chi connectivity index (χ2n) is 6.21. The lowest BCUT2D eigenvalue weighted by atomic mass is 10.1. The van der Waals surface area contributed by atoms with Crippen LogP contribution in [0.1, 0.15) is 16.7 Å². The van der Waals surface area contributed by atoms with E-state index in [0.717, 1.165) is 11.2 Å². The van der Waals surface area contributed by atoms with Gasteiger partial charge in [-0.25, -0.2) is 4.98 Å². The number of hydrogen-bond acceptors (Lipinski definition) is 4. The summed E-state index contributed by atoms with van der Waals surface area (Å²) < 4.78 is 1.98. The van der Waals surface area contributed by atoms with E-state index in [-0.39, 0.29) is 5.28 Å². The first-order valence-electron chi connectivity index (χ1n) is 8.41. The summed E-state index contributed by atoms with van der Waals surface area (Å²) in [5.74, 6) is 0.647. The van der Waals surface area contributed by atoms with Crippen LogP contribution in [0.2, 0.25) is 5.28 Å². The monoisotopic (exact) mass is 363 g/mol. The number of benzene rings is 2. The van der Waals surface area contributed by atoms with Crippen molar-refractivity contribution in [2.45, 2.75) is 20.0 Å². The number of imidazole rings is 1. The molecule has 130 valence electrons. The quantitative estimate of drug-likeness (QED) is 0.532. The SMILES string of the molecule is Cc1cccc(CNc2nc(Cl)nc3c2ncn3Cc2ccccc2)c1. The first kappa shape index (κ1) is 16.5.